The van der Waals surface area contributed by atoms with Crippen molar-refractivity contribution < 1.29 is 0 Å². The van der Waals surface area contributed by atoms with Crippen LogP contribution in [0.15, 0.2) is 11.6 Å². The lowest BCUT2D eigenvalue weighted by atomic mass is 10.2. The van der Waals surface area contributed by atoms with Crippen molar-refractivity contribution in [1.82, 2.24) is 19.6 Å². The van der Waals surface area contributed by atoms with Crippen LogP contribution in [0.4, 0.5) is 5.82 Å². The minimum atomic E-state index is 0.655. The number of likely N-dealkylation sites (N-methyl/N-ethyl adjacent to an activating group) is 2. The SMILES string of the molecule is CNCc1c(N(C)CC2CCCN2C)nc2sccn12. The van der Waals surface area contributed by atoms with Gasteiger partial charge in [-0.2, -0.15) is 0 Å². The molecule has 1 N–H and O–H groups in total. The molecule has 1 atom stereocenters. The third-order valence-corrected chi connectivity index (χ3v) is 4.96. The van der Waals surface area contributed by atoms with Crippen molar-refractivity contribution in [2.24, 2.45) is 0 Å². The van der Waals surface area contributed by atoms with Crippen LogP contribution in [0.2, 0.25) is 0 Å². The summed E-state index contributed by atoms with van der Waals surface area (Å²) in [6, 6.07) is 0.655. The minimum Gasteiger partial charge on any atom is -0.357 e. The van der Waals surface area contributed by atoms with Crippen molar-refractivity contribution in [2.75, 3.05) is 39.1 Å². The van der Waals surface area contributed by atoms with Crippen molar-refractivity contribution in [3.05, 3.63) is 17.3 Å². The molecule has 0 radical (unpaired) electrons. The lowest BCUT2D eigenvalue weighted by Gasteiger charge is -2.26. The fourth-order valence-electron chi connectivity index (χ4n) is 3.07. The van der Waals surface area contributed by atoms with Gasteiger partial charge in [-0.25, -0.2) is 4.98 Å². The summed E-state index contributed by atoms with van der Waals surface area (Å²) in [4.78, 5) is 10.7. The summed E-state index contributed by atoms with van der Waals surface area (Å²) >= 11 is 1.70. The highest BCUT2D eigenvalue weighted by molar-refractivity contribution is 7.15. The summed E-state index contributed by atoms with van der Waals surface area (Å²) in [5.74, 6) is 1.12. The molecule has 1 aliphatic heterocycles. The Morgan fingerprint density at radius 2 is 2.40 bits per heavy atom. The number of hydrogen-bond acceptors (Lipinski definition) is 5. The van der Waals surface area contributed by atoms with Gasteiger partial charge in [-0.1, -0.05) is 0 Å². The van der Waals surface area contributed by atoms with Gasteiger partial charge in [0, 0.05) is 37.8 Å². The second-order valence-electron chi connectivity index (χ2n) is 5.63. The molecule has 0 aliphatic carbocycles. The van der Waals surface area contributed by atoms with Crippen LogP contribution in [0.25, 0.3) is 4.96 Å². The molecule has 20 heavy (non-hydrogen) atoms. The highest BCUT2D eigenvalue weighted by Crippen LogP contribution is 2.25. The Labute approximate surface area is 124 Å². The van der Waals surface area contributed by atoms with E-state index in [0.29, 0.717) is 6.04 Å². The topological polar surface area (TPSA) is 35.8 Å². The Bertz CT molecular complexity index is 575. The van der Waals surface area contributed by atoms with Crippen LogP contribution in [0.1, 0.15) is 18.5 Å². The monoisotopic (exact) mass is 293 g/mol. The second-order valence-corrected chi connectivity index (χ2v) is 6.50. The first-order valence-electron chi connectivity index (χ1n) is 7.21. The van der Waals surface area contributed by atoms with E-state index in [0.717, 1.165) is 23.9 Å². The van der Waals surface area contributed by atoms with E-state index < -0.39 is 0 Å². The quantitative estimate of drug-likeness (QED) is 0.909. The molecule has 1 aliphatic rings. The molecule has 3 rings (SSSR count). The maximum absolute atomic E-state index is 4.81. The minimum absolute atomic E-state index is 0.655. The van der Waals surface area contributed by atoms with Crippen molar-refractivity contribution in [2.45, 2.75) is 25.4 Å². The third kappa shape index (κ3) is 2.43. The Balaban J connectivity index is 1.84. The number of anilines is 1. The van der Waals surface area contributed by atoms with E-state index in [4.69, 9.17) is 4.98 Å². The van der Waals surface area contributed by atoms with E-state index in [2.05, 4.69) is 45.2 Å². The fourth-order valence-corrected chi connectivity index (χ4v) is 3.80. The molecular formula is C14H23N5S. The first-order valence-corrected chi connectivity index (χ1v) is 8.09. The number of thiazole rings is 1. The van der Waals surface area contributed by atoms with Crippen LogP contribution in [-0.4, -0.2) is 54.6 Å². The first-order chi connectivity index (χ1) is 9.70. The molecule has 6 heteroatoms. The maximum Gasteiger partial charge on any atom is 0.195 e. The molecule has 110 valence electrons. The third-order valence-electron chi connectivity index (χ3n) is 4.20. The Morgan fingerprint density at radius 1 is 1.55 bits per heavy atom. The molecule has 1 unspecified atom stereocenters. The number of rotatable bonds is 5. The van der Waals surface area contributed by atoms with E-state index in [1.54, 1.807) is 11.3 Å². The number of fused-ring (bicyclic) bond motifs is 1. The van der Waals surface area contributed by atoms with Crippen LogP contribution < -0.4 is 10.2 Å². The predicted octanol–water partition coefficient (Wildman–Crippen LogP) is 1.65. The largest absolute Gasteiger partial charge is 0.357 e. The molecule has 2 aromatic heterocycles. The normalized spacial score (nSPS) is 20.1. The van der Waals surface area contributed by atoms with E-state index in [1.807, 2.05) is 7.05 Å². The molecule has 1 saturated heterocycles. The smallest absolute Gasteiger partial charge is 0.195 e. The van der Waals surface area contributed by atoms with Crippen LogP contribution >= 0.6 is 11.3 Å². The summed E-state index contributed by atoms with van der Waals surface area (Å²) in [7, 11) is 6.38. The molecule has 0 amide bonds. The standard InChI is InChI=1S/C14H23N5S/c1-15-9-12-13(16-14-19(12)7-8-20-14)18(3)10-11-5-4-6-17(11)2/h7-8,11,15H,4-6,9-10H2,1-3H3. The van der Waals surface area contributed by atoms with Gasteiger partial charge < -0.3 is 15.1 Å². The van der Waals surface area contributed by atoms with Gasteiger partial charge in [0.15, 0.2) is 10.8 Å². The van der Waals surface area contributed by atoms with E-state index in [9.17, 15) is 0 Å². The first kappa shape index (κ1) is 13.9. The predicted molar refractivity (Wildman–Crippen MR) is 84.8 cm³/mol. The Kier molecular flexibility index (Phi) is 3.96. The number of nitrogens with one attached hydrogen (secondary N) is 1. The average Bonchev–Trinajstić information content (AvgIpc) is 3.09. The van der Waals surface area contributed by atoms with E-state index in [1.165, 1.54) is 25.1 Å². The van der Waals surface area contributed by atoms with Gasteiger partial charge in [0.25, 0.3) is 0 Å². The van der Waals surface area contributed by atoms with Crippen LogP contribution in [0.3, 0.4) is 0 Å². The number of hydrogen-bond donors (Lipinski definition) is 1. The van der Waals surface area contributed by atoms with Gasteiger partial charge in [-0.05, 0) is 33.5 Å². The number of likely N-dealkylation sites (tertiary alicyclic amines) is 1. The van der Waals surface area contributed by atoms with Gasteiger partial charge in [-0.15, -0.1) is 11.3 Å². The van der Waals surface area contributed by atoms with Crippen LogP contribution in [0.5, 0.6) is 0 Å². The van der Waals surface area contributed by atoms with Gasteiger partial charge in [0.05, 0.1) is 5.69 Å². The summed E-state index contributed by atoms with van der Waals surface area (Å²) in [5.41, 5.74) is 1.26. The molecular weight excluding hydrogens is 270 g/mol. The Morgan fingerprint density at radius 3 is 3.10 bits per heavy atom. The van der Waals surface area contributed by atoms with E-state index >= 15 is 0 Å². The van der Waals surface area contributed by atoms with Crippen molar-refractivity contribution >= 4 is 22.1 Å². The second kappa shape index (κ2) is 5.71. The molecule has 0 saturated carbocycles. The zero-order valence-electron chi connectivity index (χ0n) is 12.5. The Hall–Kier alpha value is -1.11. The van der Waals surface area contributed by atoms with Crippen LogP contribution in [-0.2, 0) is 6.54 Å². The molecule has 0 aromatic carbocycles. The van der Waals surface area contributed by atoms with Crippen LogP contribution in [0, 0.1) is 0 Å². The van der Waals surface area contributed by atoms with Gasteiger partial charge in [0.2, 0.25) is 0 Å². The highest BCUT2D eigenvalue weighted by atomic mass is 32.1. The maximum atomic E-state index is 4.81. The van der Waals surface area contributed by atoms with Gasteiger partial charge >= 0.3 is 0 Å². The molecule has 3 heterocycles. The van der Waals surface area contributed by atoms with Crippen molar-refractivity contribution in [3.63, 3.8) is 0 Å². The average molecular weight is 293 g/mol. The molecule has 0 spiro atoms. The summed E-state index contributed by atoms with van der Waals surface area (Å²) in [6.45, 7) is 3.12. The van der Waals surface area contributed by atoms with Gasteiger partial charge in [-0.3, -0.25) is 4.40 Å². The molecule has 1 fully saturated rings. The molecule has 2 aromatic rings. The molecule has 0 bridgehead atoms. The number of imidazole rings is 1. The van der Waals surface area contributed by atoms with Gasteiger partial charge in [0.1, 0.15) is 0 Å². The van der Waals surface area contributed by atoms with E-state index in [-0.39, 0.29) is 0 Å². The zero-order chi connectivity index (χ0) is 14.1. The molecule has 5 nitrogen and oxygen atoms in total. The van der Waals surface area contributed by atoms with Crippen molar-refractivity contribution in [1.29, 1.82) is 0 Å². The number of aromatic nitrogens is 2. The number of nitrogens with zero attached hydrogens (tertiary/aromatic N) is 4. The lowest BCUT2D eigenvalue weighted by molar-refractivity contribution is 0.314. The summed E-state index contributed by atoms with van der Waals surface area (Å²) in [5, 5.41) is 5.35. The summed E-state index contributed by atoms with van der Waals surface area (Å²) < 4.78 is 2.20. The zero-order valence-corrected chi connectivity index (χ0v) is 13.3. The lowest BCUT2D eigenvalue weighted by Crippen LogP contribution is -2.37. The van der Waals surface area contributed by atoms with Crippen molar-refractivity contribution in [3.8, 4) is 0 Å². The fraction of sp³-hybridized carbons (Fsp3) is 0.643. The highest BCUT2D eigenvalue weighted by Gasteiger charge is 2.24. The summed E-state index contributed by atoms with van der Waals surface area (Å²) in [6.07, 6.45) is 4.72.